The Balaban J connectivity index is 2.68. The van der Waals surface area contributed by atoms with E-state index in [0.717, 1.165) is 17.0 Å². The SMILES string of the molecule is CCOC(=O)CCN(C(=O)Nc1ccc(SC)cc1)C(C)CC. The number of rotatable bonds is 8. The van der Waals surface area contributed by atoms with Crippen molar-refractivity contribution < 1.29 is 14.3 Å². The van der Waals surface area contributed by atoms with Gasteiger partial charge in [-0.2, -0.15) is 0 Å². The monoisotopic (exact) mass is 338 g/mol. The molecule has 0 bridgehead atoms. The number of anilines is 1. The summed E-state index contributed by atoms with van der Waals surface area (Å²) in [6.07, 6.45) is 3.03. The summed E-state index contributed by atoms with van der Waals surface area (Å²) in [6.45, 7) is 6.47. The van der Waals surface area contributed by atoms with Crippen LogP contribution in [0.15, 0.2) is 29.2 Å². The number of carbonyl (C=O) groups is 2. The van der Waals surface area contributed by atoms with E-state index >= 15 is 0 Å². The molecule has 1 unspecified atom stereocenters. The highest BCUT2D eigenvalue weighted by molar-refractivity contribution is 7.98. The van der Waals surface area contributed by atoms with Crippen molar-refractivity contribution in [2.45, 2.75) is 44.6 Å². The van der Waals surface area contributed by atoms with Gasteiger partial charge in [0, 0.05) is 23.2 Å². The maximum atomic E-state index is 12.5. The number of hydrogen-bond acceptors (Lipinski definition) is 4. The minimum atomic E-state index is -0.280. The number of amides is 2. The Morgan fingerprint density at radius 3 is 2.43 bits per heavy atom. The van der Waals surface area contributed by atoms with Gasteiger partial charge in [-0.25, -0.2) is 4.79 Å². The van der Waals surface area contributed by atoms with Crippen LogP contribution in [0.4, 0.5) is 10.5 Å². The molecule has 6 heteroatoms. The second kappa shape index (κ2) is 10.2. The number of urea groups is 1. The number of nitrogens with zero attached hydrogens (tertiary/aromatic N) is 1. The minimum Gasteiger partial charge on any atom is -0.466 e. The van der Waals surface area contributed by atoms with Crippen molar-refractivity contribution in [1.29, 1.82) is 0 Å². The van der Waals surface area contributed by atoms with E-state index < -0.39 is 0 Å². The number of benzene rings is 1. The average Bonchev–Trinajstić information content (AvgIpc) is 2.55. The predicted molar refractivity (Wildman–Crippen MR) is 95.0 cm³/mol. The Labute approximate surface area is 142 Å². The Morgan fingerprint density at radius 1 is 1.26 bits per heavy atom. The molecule has 23 heavy (non-hydrogen) atoms. The first-order chi connectivity index (χ1) is 11.0. The lowest BCUT2D eigenvalue weighted by Gasteiger charge is -2.28. The highest BCUT2D eigenvalue weighted by Gasteiger charge is 2.20. The Bertz CT molecular complexity index is 505. The van der Waals surface area contributed by atoms with Crippen molar-refractivity contribution in [3.63, 3.8) is 0 Å². The molecule has 0 aromatic heterocycles. The summed E-state index contributed by atoms with van der Waals surface area (Å²) in [7, 11) is 0. The normalized spacial score (nSPS) is 11.7. The lowest BCUT2D eigenvalue weighted by Crippen LogP contribution is -2.42. The van der Waals surface area contributed by atoms with Crippen LogP contribution in [0.3, 0.4) is 0 Å². The van der Waals surface area contributed by atoms with Crippen LogP contribution < -0.4 is 5.32 Å². The number of thioether (sulfide) groups is 1. The fraction of sp³-hybridized carbons (Fsp3) is 0.529. The van der Waals surface area contributed by atoms with Crippen molar-refractivity contribution in [2.24, 2.45) is 0 Å². The van der Waals surface area contributed by atoms with E-state index in [9.17, 15) is 9.59 Å². The molecule has 1 rings (SSSR count). The largest absolute Gasteiger partial charge is 0.466 e. The fourth-order valence-corrected chi connectivity index (χ4v) is 2.47. The van der Waals surface area contributed by atoms with E-state index in [1.807, 2.05) is 44.4 Å². The van der Waals surface area contributed by atoms with Crippen molar-refractivity contribution in [2.75, 3.05) is 24.7 Å². The van der Waals surface area contributed by atoms with E-state index in [1.165, 1.54) is 0 Å². The van der Waals surface area contributed by atoms with Crippen molar-refractivity contribution in [3.05, 3.63) is 24.3 Å². The highest BCUT2D eigenvalue weighted by atomic mass is 32.2. The number of nitrogens with one attached hydrogen (secondary N) is 1. The molecule has 0 saturated heterocycles. The lowest BCUT2D eigenvalue weighted by atomic mass is 10.2. The molecule has 0 spiro atoms. The van der Waals surface area contributed by atoms with Gasteiger partial charge in [-0.1, -0.05) is 6.92 Å². The van der Waals surface area contributed by atoms with Crippen LogP contribution in [-0.2, 0) is 9.53 Å². The zero-order valence-corrected chi connectivity index (χ0v) is 15.1. The van der Waals surface area contributed by atoms with E-state index in [-0.39, 0.29) is 24.5 Å². The molecule has 1 aromatic carbocycles. The van der Waals surface area contributed by atoms with Crippen LogP contribution >= 0.6 is 11.8 Å². The minimum absolute atomic E-state index is 0.0508. The molecule has 1 aromatic rings. The molecule has 128 valence electrons. The zero-order valence-electron chi connectivity index (χ0n) is 14.3. The van der Waals surface area contributed by atoms with Crippen LogP contribution in [0.1, 0.15) is 33.6 Å². The highest BCUT2D eigenvalue weighted by Crippen LogP contribution is 2.18. The summed E-state index contributed by atoms with van der Waals surface area (Å²) in [5, 5.41) is 2.89. The molecule has 1 N–H and O–H groups in total. The lowest BCUT2D eigenvalue weighted by molar-refractivity contribution is -0.143. The molecule has 1 atom stereocenters. The molecule has 0 saturated carbocycles. The van der Waals surface area contributed by atoms with Crippen molar-refractivity contribution in [3.8, 4) is 0 Å². The van der Waals surface area contributed by atoms with Gasteiger partial charge in [0.05, 0.1) is 13.0 Å². The van der Waals surface area contributed by atoms with Crippen LogP contribution in [0.2, 0.25) is 0 Å². The maximum absolute atomic E-state index is 12.5. The summed E-state index contributed by atoms with van der Waals surface area (Å²) < 4.78 is 4.93. The molecular weight excluding hydrogens is 312 g/mol. The van der Waals surface area contributed by atoms with Gasteiger partial charge in [-0.05, 0) is 50.8 Å². The van der Waals surface area contributed by atoms with E-state index in [1.54, 1.807) is 23.6 Å². The number of ether oxygens (including phenoxy) is 1. The third-order valence-corrected chi connectivity index (χ3v) is 4.33. The molecule has 5 nitrogen and oxygen atoms in total. The molecule has 0 aliphatic rings. The first-order valence-corrected chi connectivity index (χ1v) is 9.11. The standard InChI is InChI=1S/C17H26N2O3S/c1-5-13(3)19(12-11-16(20)22-6-2)17(21)18-14-7-9-15(23-4)10-8-14/h7-10,13H,5-6,11-12H2,1-4H3,(H,18,21). The van der Waals surface area contributed by atoms with Crippen LogP contribution in [0.25, 0.3) is 0 Å². The molecule has 2 amide bonds. The van der Waals surface area contributed by atoms with E-state index in [2.05, 4.69) is 5.32 Å². The summed E-state index contributed by atoms with van der Waals surface area (Å²) in [6, 6.07) is 7.54. The Morgan fingerprint density at radius 2 is 1.91 bits per heavy atom. The molecule has 0 radical (unpaired) electrons. The topological polar surface area (TPSA) is 58.6 Å². The first kappa shape index (κ1) is 19.4. The average molecular weight is 338 g/mol. The second-order valence-electron chi connectivity index (χ2n) is 5.16. The van der Waals surface area contributed by atoms with Crippen LogP contribution in [0, 0.1) is 0 Å². The third kappa shape index (κ3) is 6.52. The summed E-state index contributed by atoms with van der Waals surface area (Å²) >= 11 is 1.65. The predicted octanol–water partition coefficient (Wildman–Crippen LogP) is 3.99. The second-order valence-corrected chi connectivity index (χ2v) is 6.04. The molecular formula is C17H26N2O3S. The van der Waals surface area contributed by atoms with E-state index in [4.69, 9.17) is 4.74 Å². The van der Waals surface area contributed by atoms with Crippen LogP contribution in [0.5, 0.6) is 0 Å². The van der Waals surface area contributed by atoms with Gasteiger partial charge in [0.15, 0.2) is 0 Å². The molecule has 0 heterocycles. The van der Waals surface area contributed by atoms with Gasteiger partial charge in [0.25, 0.3) is 0 Å². The first-order valence-electron chi connectivity index (χ1n) is 7.89. The Kier molecular flexibility index (Phi) is 8.55. The van der Waals surface area contributed by atoms with Crippen molar-refractivity contribution in [1.82, 2.24) is 4.90 Å². The zero-order chi connectivity index (χ0) is 17.2. The number of hydrogen-bond donors (Lipinski definition) is 1. The van der Waals surface area contributed by atoms with Crippen molar-refractivity contribution >= 4 is 29.4 Å². The van der Waals surface area contributed by atoms with Gasteiger partial charge in [0.1, 0.15) is 0 Å². The third-order valence-electron chi connectivity index (χ3n) is 3.59. The van der Waals surface area contributed by atoms with Gasteiger partial charge in [-0.3, -0.25) is 4.79 Å². The van der Waals surface area contributed by atoms with Gasteiger partial charge in [0.2, 0.25) is 0 Å². The number of esters is 1. The van der Waals surface area contributed by atoms with Gasteiger partial charge >= 0.3 is 12.0 Å². The molecule has 0 aliphatic carbocycles. The molecule has 0 fully saturated rings. The number of carbonyl (C=O) groups excluding carboxylic acids is 2. The quantitative estimate of drug-likeness (QED) is 0.575. The van der Waals surface area contributed by atoms with E-state index in [0.29, 0.717) is 13.2 Å². The summed E-state index contributed by atoms with van der Waals surface area (Å²) in [5.41, 5.74) is 0.747. The Hall–Kier alpha value is -1.69. The fourth-order valence-electron chi connectivity index (χ4n) is 2.06. The smallest absolute Gasteiger partial charge is 0.322 e. The summed E-state index contributed by atoms with van der Waals surface area (Å²) in [5.74, 6) is -0.280. The summed E-state index contributed by atoms with van der Waals surface area (Å²) in [4.78, 5) is 26.8. The maximum Gasteiger partial charge on any atom is 0.322 e. The van der Waals surface area contributed by atoms with Gasteiger partial charge < -0.3 is 15.0 Å². The van der Waals surface area contributed by atoms with Crippen LogP contribution in [-0.4, -0.2) is 42.3 Å². The van der Waals surface area contributed by atoms with Gasteiger partial charge in [-0.15, -0.1) is 11.8 Å². The molecule has 0 aliphatic heterocycles.